The molecule has 0 saturated carbocycles. The van der Waals surface area contributed by atoms with Gasteiger partial charge in [0, 0.05) is 13.2 Å². The first-order chi connectivity index (χ1) is 4.52. The van der Waals surface area contributed by atoms with Gasteiger partial charge in [-0.1, -0.05) is 0 Å². The Kier molecular flexibility index (Phi) is 5.59. The Balaban J connectivity index is 0. The summed E-state index contributed by atoms with van der Waals surface area (Å²) in [7, 11) is 1.89. The highest BCUT2D eigenvalue weighted by molar-refractivity contribution is 5.85. The molecule has 0 aromatic carbocycles. The number of aromatic nitrogens is 2. The molecule has 0 aliphatic carbocycles. The van der Waals surface area contributed by atoms with Crippen LogP contribution in [0.25, 0.3) is 0 Å². The number of halogens is 2. The Morgan fingerprint density at radius 2 is 1.92 bits per heavy atom. The molecule has 0 spiro atoms. The molecule has 5 heteroatoms. The Labute approximate surface area is 85.1 Å². The lowest BCUT2D eigenvalue weighted by atomic mass is 10.0. The fourth-order valence-corrected chi connectivity index (χ4v) is 1.01. The summed E-state index contributed by atoms with van der Waals surface area (Å²) in [6.45, 7) is 3.92. The van der Waals surface area contributed by atoms with Crippen LogP contribution in [-0.4, -0.2) is 9.78 Å². The van der Waals surface area contributed by atoms with Gasteiger partial charge in [-0.15, -0.1) is 24.8 Å². The standard InChI is InChI=1S/C7H13N3.2ClH/c1-7(2,8)6-4-5-9-10(6)3;;/h4-5H,8H2,1-3H3;2*1H. The van der Waals surface area contributed by atoms with E-state index in [9.17, 15) is 0 Å². The first-order valence-corrected chi connectivity index (χ1v) is 3.29. The molecule has 1 heterocycles. The van der Waals surface area contributed by atoms with Crippen molar-refractivity contribution in [3.05, 3.63) is 18.0 Å². The maximum absolute atomic E-state index is 5.84. The summed E-state index contributed by atoms with van der Waals surface area (Å²) in [4.78, 5) is 0. The van der Waals surface area contributed by atoms with Gasteiger partial charge in [0.05, 0.1) is 11.2 Å². The van der Waals surface area contributed by atoms with Gasteiger partial charge in [-0.05, 0) is 19.9 Å². The summed E-state index contributed by atoms with van der Waals surface area (Å²) in [5.74, 6) is 0. The van der Waals surface area contributed by atoms with Crippen molar-refractivity contribution in [2.75, 3.05) is 0 Å². The summed E-state index contributed by atoms with van der Waals surface area (Å²) in [6.07, 6.45) is 1.75. The predicted molar refractivity (Wildman–Crippen MR) is 54.9 cm³/mol. The van der Waals surface area contributed by atoms with Gasteiger partial charge in [-0.25, -0.2) is 0 Å². The largest absolute Gasteiger partial charge is 0.321 e. The highest BCUT2D eigenvalue weighted by Crippen LogP contribution is 2.13. The van der Waals surface area contributed by atoms with Crippen LogP contribution in [0.5, 0.6) is 0 Å². The minimum atomic E-state index is -0.286. The molecule has 0 aliphatic rings. The summed E-state index contributed by atoms with van der Waals surface area (Å²) in [5, 5.41) is 4.02. The average Bonchev–Trinajstić information content (AvgIpc) is 2.11. The van der Waals surface area contributed by atoms with Crippen molar-refractivity contribution < 1.29 is 0 Å². The van der Waals surface area contributed by atoms with Gasteiger partial charge in [0.25, 0.3) is 0 Å². The Bertz CT molecular complexity index is 227. The molecule has 1 aromatic rings. The van der Waals surface area contributed by atoms with Crippen LogP contribution in [0.15, 0.2) is 12.3 Å². The zero-order valence-corrected chi connectivity index (χ0v) is 9.08. The maximum atomic E-state index is 5.84. The molecule has 0 bridgehead atoms. The van der Waals surface area contributed by atoms with E-state index in [0.717, 1.165) is 5.69 Å². The van der Waals surface area contributed by atoms with Crippen LogP contribution in [0, 0.1) is 0 Å². The number of aryl methyl sites for hydroxylation is 1. The fourth-order valence-electron chi connectivity index (χ4n) is 1.01. The van der Waals surface area contributed by atoms with E-state index in [1.807, 2.05) is 27.0 Å². The molecule has 0 atom stereocenters. The third kappa shape index (κ3) is 3.01. The number of nitrogens with zero attached hydrogens (tertiary/aromatic N) is 2. The summed E-state index contributed by atoms with van der Waals surface area (Å²) >= 11 is 0. The fraction of sp³-hybridized carbons (Fsp3) is 0.571. The van der Waals surface area contributed by atoms with Crippen LogP contribution in [0.3, 0.4) is 0 Å². The molecule has 0 aliphatic heterocycles. The highest BCUT2D eigenvalue weighted by atomic mass is 35.5. The Morgan fingerprint density at radius 3 is 2.08 bits per heavy atom. The van der Waals surface area contributed by atoms with Crippen LogP contribution in [0.1, 0.15) is 19.5 Å². The van der Waals surface area contributed by atoms with Crippen molar-refractivity contribution in [2.45, 2.75) is 19.4 Å². The number of hydrogen-bond donors (Lipinski definition) is 1. The lowest BCUT2D eigenvalue weighted by Crippen LogP contribution is -2.31. The van der Waals surface area contributed by atoms with E-state index >= 15 is 0 Å². The Morgan fingerprint density at radius 1 is 1.42 bits per heavy atom. The minimum absolute atomic E-state index is 0. The zero-order chi connectivity index (χ0) is 7.78. The van der Waals surface area contributed by atoms with Gasteiger partial charge in [0.15, 0.2) is 0 Å². The second-order valence-corrected chi connectivity index (χ2v) is 3.06. The van der Waals surface area contributed by atoms with Gasteiger partial charge in [-0.3, -0.25) is 4.68 Å². The normalized spacial score (nSPS) is 10.0. The molecule has 1 aromatic heterocycles. The topological polar surface area (TPSA) is 43.8 Å². The molecular formula is C7H15Cl2N3. The molecule has 3 nitrogen and oxygen atoms in total. The van der Waals surface area contributed by atoms with Gasteiger partial charge in [-0.2, -0.15) is 5.10 Å². The first kappa shape index (κ1) is 14.3. The van der Waals surface area contributed by atoms with E-state index in [-0.39, 0.29) is 30.4 Å². The zero-order valence-electron chi connectivity index (χ0n) is 7.44. The van der Waals surface area contributed by atoms with Crippen molar-refractivity contribution in [2.24, 2.45) is 12.8 Å². The van der Waals surface area contributed by atoms with Crippen LogP contribution in [0.2, 0.25) is 0 Å². The van der Waals surface area contributed by atoms with Gasteiger partial charge in [0.2, 0.25) is 0 Å². The molecule has 0 radical (unpaired) electrons. The van der Waals surface area contributed by atoms with Gasteiger partial charge in [0.1, 0.15) is 0 Å². The summed E-state index contributed by atoms with van der Waals surface area (Å²) in [6, 6.07) is 1.93. The van der Waals surface area contributed by atoms with Crippen LogP contribution >= 0.6 is 24.8 Å². The molecule has 1 rings (SSSR count). The Hall–Kier alpha value is -0.250. The third-order valence-electron chi connectivity index (χ3n) is 1.48. The van der Waals surface area contributed by atoms with Crippen molar-refractivity contribution in [3.8, 4) is 0 Å². The van der Waals surface area contributed by atoms with E-state index in [0.29, 0.717) is 0 Å². The smallest absolute Gasteiger partial charge is 0.0573 e. The van der Waals surface area contributed by atoms with Crippen LogP contribution in [-0.2, 0) is 12.6 Å². The van der Waals surface area contributed by atoms with Crippen LogP contribution in [0.4, 0.5) is 0 Å². The summed E-state index contributed by atoms with van der Waals surface area (Å²) in [5.41, 5.74) is 6.60. The molecule has 72 valence electrons. The molecule has 0 saturated heterocycles. The first-order valence-electron chi connectivity index (χ1n) is 3.29. The number of hydrogen-bond acceptors (Lipinski definition) is 2. The second kappa shape index (κ2) is 4.70. The molecule has 0 unspecified atom stereocenters. The summed E-state index contributed by atoms with van der Waals surface area (Å²) < 4.78 is 1.79. The third-order valence-corrected chi connectivity index (χ3v) is 1.48. The van der Waals surface area contributed by atoms with E-state index in [2.05, 4.69) is 5.10 Å². The maximum Gasteiger partial charge on any atom is 0.0573 e. The molecule has 0 fully saturated rings. The average molecular weight is 212 g/mol. The van der Waals surface area contributed by atoms with Crippen molar-refractivity contribution in [3.63, 3.8) is 0 Å². The number of rotatable bonds is 1. The SMILES string of the molecule is Cl.Cl.Cn1nccc1C(C)(C)N. The van der Waals surface area contributed by atoms with Gasteiger partial charge < -0.3 is 5.73 Å². The van der Waals surface area contributed by atoms with Crippen molar-refractivity contribution >= 4 is 24.8 Å². The molecular weight excluding hydrogens is 197 g/mol. The van der Waals surface area contributed by atoms with Gasteiger partial charge >= 0.3 is 0 Å². The second-order valence-electron chi connectivity index (χ2n) is 3.06. The van der Waals surface area contributed by atoms with Crippen molar-refractivity contribution in [1.82, 2.24) is 9.78 Å². The van der Waals surface area contributed by atoms with Crippen LogP contribution < -0.4 is 5.73 Å². The quantitative estimate of drug-likeness (QED) is 0.765. The number of nitrogens with two attached hydrogens (primary N) is 1. The van der Waals surface area contributed by atoms with E-state index in [1.165, 1.54) is 0 Å². The predicted octanol–water partition coefficient (Wildman–Crippen LogP) is 1.46. The highest BCUT2D eigenvalue weighted by Gasteiger charge is 2.16. The molecule has 12 heavy (non-hydrogen) atoms. The lowest BCUT2D eigenvalue weighted by Gasteiger charge is -2.18. The minimum Gasteiger partial charge on any atom is -0.321 e. The monoisotopic (exact) mass is 211 g/mol. The van der Waals surface area contributed by atoms with E-state index in [1.54, 1.807) is 10.9 Å². The van der Waals surface area contributed by atoms with E-state index in [4.69, 9.17) is 5.73 Å². The molecule has 0 amide bonds. The van der Waals surface area contributed by atoms with E-state index < -0.39 is 0 Å². The van der Waals surface area contributed by atoms with Crippen molar-refractivity contribution in [1.29, 1.82) is 0 Å². The lowest BCUT2D eigenvalue weighted by molar-refractivity contribution is 0.497. The molecule has 2 N–H and O–H groups in total.